The number of aryl methyl sites for hydroxylation is 1. The van der Waals surface area contributed by atoms with Crippen molar-refractivity contribution >= 4 is 11.6 Å². The van der Waals surface area contributed by atoms with Gasteiger partial charge >= 0.3 is 0 Å². The Labute approximate surface area is 173 Å². The minimum atomic E-state index is 0.165. The fourth-order valence-electron chi connectivity index (χ4n) is 4.01. The average molecular weight is 397 g/mol. The highest BCUT2D eigenvalue weighted by Gasteiger charge is 2.28. The minimum absolute atomic E-state index is 0.165. The Hall–Kier alpha value is -2.53. The number of aromatic hydroxyl groups is 1. The number of carbonyl (C=O) groups is 1. The average Bonchev–Trinajstić information content (AvgIpc) is 2.72. The van der Waals surface area contributed by atoms with E-state index >= 15 is 0 Å². The number of phenolic OH excluding ortho intramolecular Hbond substituents is 1. The van der Waals surface area contributed by atoms with Gasteiger partial charge < -0.3 is 14.7 Å². The molecule has 2 aromatic rings. The van der Waals surface area contributed by atoms with E-state index in [0.717, 1.165) is 50.1 Å². The highest BCUT2D eigenvalue weighted by Crippen LogP contribution is 2.29. The number of rotatable bonds is 7. The van der Waals surface area contributed by atoms with Crippen LogP contribution in [0.2, 0.25) is 0 Å². The van der Waals surface area contributed by atoms with Crippen molar-refractivity contribution in [3.8, 4) is 11.5 Å². The Morgan fingerprint density at radius 1 is 1.17 bits per heavy atom. The Balaban J connectivity index is 1.66. The number of ether oxygens (including phenoxy) is 1. The molecule has 3 rings (SSSR count). The smallest absolute Gasteiger partial charge is 0.227 e. The Morgan fingerprint density at radius 2 is 1.86 bits per heavy atom. The molecule has 0 unspecified atom stereocenters. The van der Waals surface area contributed by atoms with Gasteiger partial charge in [0.2, 0.25) is 5.91 Å². The predicted octanol–water partition coefficient (Wildman–Crippen LogP) is 4.51. The fraction of sp³-hybridized carbons (Fsp3) is 0.458. The lowest BCUT2D eigenvalue weighted by Gasteiger charge is -2.38. The third-order valence-corrected chi connectivity index (χ3v) is 5.62. The number of methoxy groups -OCH3 is 1. The molecule has 0 saturated carbocycles. The Bertz CT molecular complexity index is 811. The summed E-state index contributed by atoms with van der Waals surface area (Å²) in [6.45, 7) is 6.82. The molecule has 1 fully saturated rings. The van der Waals surface area contributed by atoms with Crippen molar-refractivity contribution in [1.29, 1.82) is 0 Å². The van der Waals surface area contributed by atoms with Crippen LogP contribution in [0.1, 0.15) is 43.7 Å². The summed E-state index contributed by atoms with van der Waals surface area (Å²) in [4.78, 5) is 17.3. The van der Waals surface area contributed by atoms with Crippen molar-refractivity contribution in [2.75, 3.05) is 25.1 Å². The number of carbonyl (C=O) groups excluding carboxylic acids is 1. The van der Waals surface area contributed by atoms with Crippen LogP contribution in [0, 0.1) is 6.92 Å². The quantitative estimate of drug-likeness (QED) is 0.748. The molecular formula is C24H32N2O3. The first-order valence-electron chi connectivity index (χ1n) is 10.5. The summed E-state index contributed by atoms with van der Waals surface area (Å²) in [7, 11) is 1.57. The summed E-state index contributed by atoms with van der Waals surface area (Å²) < 4.78 is 5.22. The molecular weight excluding hydrogens is 364 g/mol. The highest BCUT2D eigenvalue weighted by molar-refractivity contribution is 5.94. The lowest BCUT2D eigenvalue weighted by Crippen LogP contribution is -2.47. The van der Waals surface area contributed by atoms with E-state index in [0.29, 0.717) is 12.2 Å². The van der Waals surface area contributed by atoms with Crippen molar-refractivity contribution in [2.24, 2.45) is 0 Å². The summed E-state index contributed by atoms with van der Waals surface area (Å²) in [5.74, 6) is 0.893. The van der Waals surface area contributed by atoms with E-state index in [-0.39, 0.29) is 17.7 Å². The first-order valence-corrected chi connectivity index (χ1v) is 10.5. The van der Waals surface area contributed by atoms with E-state index < -0.39 is 0 Å². The third kappa shape index (κ3) is 5.30. The van der Waals surface area contributed by atoms with Gasteiger partial charge in [0.05, 0.1) is 7.11 Å². The topological polar surface area (TPSA) is 53.0 Å². The van der Waals surface area contributed by atoms with Crippen molar-refractivity contribution in [1.82, 2.24) is 4.90 Å². The van der Waals surface area contributed by atoms with Crippen LogP contribution in [-0.2, 0) is 11.3 Å². The molecule has 1 aliphatic heterocycles. The second kappa shape index (κ2) is 9.79. The van der Waals surface area contributed by atoms with Crippen LogP contribution in [-0.4, -0.2) is 42.2 Å². The molecule has 1 aliphatic rings. The van der Waals surface area contributed by atoms with Gasteiger partial charge in [-0.3, -0.25) is 9.69 Å². The van der Waals surface area contributed by atoms with Crippen molar-refractivity contribution < 1.29 is 14.6 Å². The first kappa shape index (κ1) is 21.2. The summed E-state index contributed by atoms with van der Waals surface area (Å²) in [6, 6.07) is 14.0. The summed E-state index contributed by atoms with van der Waals surface area (Å²) in [5.41, 5.74) is 3.34. The van der Waals surface area contributed by atoms with E-state index in [1.54, 1.807) is 13.2 Å². The summed E-state index contributed by atoms with van der Waals surface area (Å²) in [5, 5.41) is 9.78. The Morgan fingerprint density at radius 3 is 2.48 bits per heavy atom. The zero-order chi connectivity index (χ0) is 20.8. The molecule has 0 radical (unpaired) electrons. The summed E-state index contributed by atoms with van der Waals surface area (Å²) >= 11 is 0. The van der Waals surface area contributed by atoms with Gasteiger partial charge in [-0.2, -0.15) is 0 Å². The molecule has 156 valence electrons. The molecule has 1 heterocycles. The number of hydrogen-bond donors (Lipinski definition) is 1. The molecule has 0 aliphatic carbocycles. The van der Waals surface area contributed by atoms with Crippen LogP contribution in [0.3, 0.4) is 0 Å². The molecule has 1 amide bonds. The molecule has 0 atom stereocenters. The number of hydrogen-bond acceptors (Lipinski definition) is 4. The van der Waals surface area contributed by atoms with Crippen LogP contribution >= 0.6 is 0 Å². The molecule has 0 bridgehead atoms. The van der Waals surface area contributed by atoms with Crippen molar-refractivity contribution in [3.05, 3.63) is 53.6 Å². The van der Waals surface area contributed by atoms with Crippen molar-refractivity contribution in [2.45, 2.75) is 52.1 Å². The van der Waals surface area contributed by atoms with Gasteiger partial charge in [-0.25, -0.2) is 0 Å². The van der Waals surface area contributed by atoms with Gasteiger partial charge in [0.1, 0.15) is 0 Å². The number of phenols is 1. The van der Waals surface area contributed by atoms with Crippen LogP contribution < -0.4 is 9.64 Å². The van der Waals surface area contributed by atoms with E-state index in [1.165, 1.54) is 5.56 Å². The maximum atomic E-state index is 12.9. The first-order chi connectivity index (χ1) is 14.0. The second-order valence-electron chi connectivity index (χ2n) is 7.86. The molecule has 5 heteroatoms. The van der Waals surface area contributed by atoms with Crippen LogP contribution in [0.4, 0.5) is 5.69 Å². The number of anilines is 1. The largest absolute Gasteiger partial charge is 0.504 e. The molecule has 1 saturated heterocycles. The van der Waals surface area contributed by atoms with Gasteiger partial charge in [-0.05, 0) is 56.0 Å². The number of piperidine rings is 1. The fourth-order valence-corrected chi connectivity index (χ4v) is 4.01. The van der Waals surface area contributed by atoms with E-state index in [9.17, 15) is 9.90 Å². The molecule has 0 spiro atoms. The molecule has 2 aromatic carbocycles. The number of likely N-dealkylation sites (tertiary alicyclic amines) is 1. The molecule has 29 heavy (non-hydrogen) atoms. The van der Waals surface area contributed by atoms with Gasteiger partial charge in [0.25, 0.3) is 0 Å². The number of nitrogens with zero attached hydrogens (tertiary/aromatic N) is 2. The molecule has 0 aromatic heterocycles. The van der Waals surface area contributed by atoms with Crippen LogP contribution in [0.25, 0.3) is 0 Å². The lowest BCUT2D eigenvalue weighted by molar-refractivity contribution is -0.119. The standard InChI is InChI=1S/C24H32N2O3/c1-4-5-24(28)26(20-9-6-18(2)7-10-20)21-12-14-25(15-13-21)17-19-8-11-22(27)23(16-19)29-3/h6-11,16,21,27H,4-5,12-15,17H2,1-3H3. The highest BCUT2D eigenvalue weighted by atomic mass is 16.5. The van der Waals surface area contributed by atoms with Gasteiger partial charge in [-0.1, -0.05) is 30.7 Å². The predicted molar refractivity (Wildman–Crippen MR) is 117 cm³/mol. The SMILES string of the molecule is CCCC(=O)N(c1ccc(C)cc1)C1CCN(Cc2ccc(O)c(OC)c2)CC1. The zero-order valence-electron chi connectivity index (χ0n) is 17.7. The number of benzene rings is 2. The lowest BCUT2D eigenvalue weighted by atomic mass is 10.0. The minimum Gasteiger partial charge on any atom is -0.504 e. The maximum absolute atomic E-state index is 12.9. The van der Waals surface area contributed by atoms with E-state index in [1.807, 2.05) is 17.0 Å². The summed E-state index contributed by atoms with van der Waals surface area (Å²) in [6.07, 6.45) is 3.36. The van der Waals surface area contributed by atoms with Gasteiger partial charge in [-0.15, -0.1) is 0 Å². The van der Waals surface area contributed by atoms with Crippen LogP contribution in [0.5, 0.6) is 11.5 Å². The van der Waals surface area contributed by atoms with E-state index in [4.69, 9.17) is 4.74 Å². The third-order valence-electron chi connectivity index (χ3n) is 5.62. The van der Waals surface area contributed by atoms with Crippen molar-refractivity contribution in [3.63, 3.8) is 0 Å². The zero-order valence-corrected chi connectivity index (χ0v) is 17.7. The monoisotopic (exact) mass is 396 g/mol. The normalized spacial score (nSPS) is 15.3. The van der Waals surface area contributed by atoms with Crippen LogP contribution in [0.15, 0.2) is 42.5 Å². The number of amides is 1. The maximum Gasteiger partial charge on any atom is 0.227 e. The van der Waals surface area contributed by atoms with Gasteiger partial charge in [0.15, 0.2) is 11.5 Å². The Kier molecular flexibility index (Phi) is 7.15. The second-order valence-corrected chi connectivity index (χ2v) is 7.86. The van der Waals surface area contributed by atoms with E-state index in [2.05, 4.69) is 43.0 Å². The molecule has 5 nitrogen and oxygen atoms in total. The van der Waals surface area contributed by atoms with Gasteiger partial charge in [0, 0.05) is 37.8 Å². The molecule has 1 N–H and O–H groups in total.